The molecular formula is C18H22N8O2. The number of piperidine rings is 1. The van der Waals surface area contributed by atoms with Crippen LogP contribution >= 0.6 is 0 Å². The quantitative estimate of drug-likeness (QED) is 0.677. The number of anilines is 1. The number of fused-ring (bicyclic) bond motifs is 1. The second-order valence-corrected chi connectivity index (χ2v) is 7.03. The summed E-state index contributed by atoms with van der Waals surface area (Å²) in [6.45, 7) is 4.61. The predicted octanol–water partition coefficient (Wildman–Crippen LogP) is 0.750. The molecule has 5 heterocycles. The van der Waals surface area contributed by atoms with Gasteiger partial charge in [0.15, 0.2) is 22.8 Å². The fourth-order valence-corrected chi connectivity index (χ4v) is 3.78. The third-order valence-corrected chi connectivity index (χ3v) is 5.27. The Balaban J connectivity index is 1.68. The van der Waals surface area contributed by atoms with Crippen LogP contribution < -0.4 is 10.2 Å². The second-order valence-electron chi connectivity index (χ2n) is 7.03. The van der Waals surface area contributed by atoms with E-state index in [0.29, 0.717) is 41.7 Å². The highest BCUT2D eigenvalue weighted by Crippen LogP contribution is 2.31. The molecule has 28 heavy (non-hydrogen) atoms. The first-order valence-corrected chi connectivity index (χ1v) is 9.62. The number of hydrogen-bond donors (Lipinski definition) is 2. The summed E-state index contributed by atoms with van der Waals surface area (Å²) in [5, 5.41) is 22.5. The van der Waals surface area contributed by atoms with E-state index in [4.69, 9.17) is 14.7 Å². The van der Waals surface area contributed by atoms with Crippen LogP contribution in [0.15, 0.2) is 18.3 Å². The minimum atomic E-state index is 0.0515. The van der Waals surface area contributed by atoms with Gasteiger partial charge in [-0.05, 0) is 38.1 Å². The first-order chi connectivity index (χ1) is 13.8. The molecule has 2 fully saturated rings. The molecule has 0 amide bonds. The van der Waals surface area contributed by atoms with Gasteiger partial charge < -0.3 is 20.1 Å². The zero-order chi connectivity index (χ0) is 18.9. The van der Waals surface area contributed by atoms with Crippen molar-refractivity contribution in [3.8, 4) is 17.3 Å². The smallest absolute Gasteiger partial charge is 0.186 e. The number of hydrogen-bond acceptors (Lipinski definition) is 9. The zero-order valence-corrected chi connectivity index (χ0v) is 15.5. The molecule has 0 saturated carbocycles. The molecule has 3 aromatic rings. The van der Waals surface area contributed by atoms with E-state index < -0.39 is 0 Å². The normalized spacial score (nSPS) is 18.6. The lowest BCUT2D eigenvalue weighted by molar-refractivity contribution is 0.122. The summed E-state index contributed by atoms with van der Waals surface area (Å²) >= 11 is 0. The Labute approximate surface area is 161 Å². The van der Waals surface area contributed by atoms with Gasteiger partial charge in [-0.1, -0.05) is 5.21 Å². The summed E-state index contributed by atoms with van der Waals surface area (Å²) in [4.78, 5) is 15.9. The summed E-state index contributed by atoms with van der Waals surface area (Å²) in [6, 6.07) is 3.51. The third kappa shape index (κ3) is 3.04. The van der Waals surface area contributed by atoms with E-state index in [1.54, 1.807) is 18.3 Å². The van der Waals surface area contributed by atoms with Gasteiger partial charge >= 0.3 is 0 Å². The Morgan fingerprint density at radius 2 is 1.96 bits per heavy atom. The maximum Gasteiger partial charge on any atom is 0.186 e. The van der Waals surface area contributed by atoms with E-state index in [1.165, 1.54) is 0 Å². The Morgan fingerprint density at radius 1 is 1.14 bits per heavy atom. The largest absolute Gasteiger partial charge is 0.506 e. The lowest BCUT2D eigenvalue weighted by Gasteiger charge is -2.28. The average Bonchev–Trinajstić information content (AvgIpc) is 3.19. The Bertz CT molecular complexity index is 979. The van der Waals surface area contributed by atoms with Crippen LogP contribution in [0, 0.1) is 0 Å². The van der Waals surface area contributed by atoms with Gasteiger partial charge in [0.25, 0.3) is 0 Å². The highest BCUT2D eigenvalue weighted by Gasteiger charge is 2.26. The van der Waals surface area contributed by atoms with Crippen LogP contribution in [0.25, 0.3) is 22.7 Å². The van der Waals surface area contributed by atoms with Crippen LogP contribution in [0.5, 0.6) is 5.75 Å². The molecule has 146 valence electrons. The van der Waals surface area contributed by atoms with Crippen LogP contribution in [0.1, 0.15) is 18.9 Å². The monoisotopic (exact) mass is 382 g/mol. The number of morpholine rings is 1. The van der Waals surface area contributed by atoms with Gasteiger partial charge in [0.2, 0.25) is 0 Å². The molecule has 2 aliphatic rings. The molecule has 0 aromatic carbocycles. The van der Waals surface area contributed by atoms with Crippen LogP contribution in [-0.4, -0.2) is 74.4 Å². The van der Waals surface area contributed by atoms with Crippen molar-refractivity contribution in [2.24, 2.45) is 0 Å². The molecule has 0 bridgehead atoms. The van der Waals surface area contributed by atoms with E-state index >= 15 is 0 Å². The minimum Gasteiger partial charge on any atom is -0.506 e. The summed E-state index contributed by atoms with van der Waals surface area (Å²) in [5.41, 5.74) is 1.72. The molecule has 2 aliphatic heterocycles. The highest BCUT2D eigenvalue weighted by molar-refractivity contribution is 5.85. The molecule has 5 rings (SSSR count). The second kappa shape index (κ2) is 7.28. The minimum absolute atomic E-state index is 0.0515. The van der Waals surface area contributed by atoms with Crippen molar-refractivity contribution in [1.29, 1.82) is 0 Å². The van der Waals surface area contributed by atoms with Crippen LogP contribution in [0.3, 0.4) is 0 Å². The van der Waals surface area contributed by atoms with Gasteiger partial charge in [0.1, 0.15) is 11.4 Å². The fraction of sp³-hybridized carbons (Fsp3) is 0.500. The highest BCUT2D eigenvalue weighted by atomic mass is 16.5. The van der Waals surface area contributed by atoms with Gasteiger partial charge in [-0.2, -0.15) is 0 Å². The summed E-state index contributed by atoms with van der Waals surface area (Å²) in [5.74, 6) is 1.15. The molecule has 3 aromatic heterocycles. The van der Waals surface area contributed by atoms with Gasteiger partial charge in [-0.25, -0.2) is 19.6 Å². The average molecular weight is 382 g/mol. The number of pyridine rings is 1. The van der Waals surface area contributed by atoms with Gasteiger partial charge in [-0.15, -0.1) is 5.10 Å². The van der Waals surface area contributed by atoms with E-state index in [0.717, 1.165) is 39.0 Å². The number of nitrogens with one attached hydrogen (secondary N) is 1. The number of ether oxygens (including phenoxy) is 1. The van der Waals surface area contributed by atoms with E-state index in [2.05, 4.69) is 25.5 Å². The van der Waals surface area contributed by atoms with Crippen molar-refractivity contribution < 1.29 is 9.84 Å². The topological polar surface area (TPSA) is 114 Å². The van der Waals surface area contributed by atoms with Crippen molar-refractivity contribution in [2.75, 3.05) is 44.3 Å². The Kier molecular flexibility index (Phi) is 4.49. The van der Waals surface area contributed by atoms with Gasteiger partial charge in [-0.3, -0.25) is 0 Å². The molecule has 0 radical (unpaired) electrons. The molecule has 0 atom stereocenters. The van der Waals surface area contributed by atoms with Crippen molar-refractivity contribution in [2.45, 2.75) is 18.9 Å². The molecule has 10 nitrogen and oxygen atoms in total. The molecule has 0 unspecified atom stereocenters. The number of rotatable bonds is 3. The zero-order valence-electron chi connectivity index (χ0n) is 15.5. The van der Waals surface area contributed by atoms with Crippen molar-refractivity contribution in [3.63, 3.8) is 0 Å². The maximum absolute atomic E-state index is 10.3. The van der Waals surface area contributed by atoms with Gasteiger partial charge in [0, 0.05) is 19.3 Å². The lowest BCUT2D eigenvalue weighted by atomic mass is 10.1. The van der Waals surface area contributed by atoms with E-state index in [9.17, 15) is 5.11 Å². The molecule has 0 spiro atoms. The third-order valence-electron chi connectivity index (χ3n) is 5.27. The molecule has 2 saturated heterocycles. The molecular weight excluding hydrogens is 360 g/mol. The fourth-order valence-electron chi connectivity index (χ4n) is 3.78. The Hall–Kier alpha value is -2.85. The summed E-state index contributed by atoms with van der Waals surface area (Å²) in [7, 11) is 0. The van der Waals surface area contributed by atoms with Crippen LogP contribution in [0.2, 0.25) is 0 Å². The SMILES string of the molecule is Oc1cccnc1-c1nc(N2CCOCC2)c2nnn(C3CCNCC3)c2n1. The van der Waals surface area contributed by atoms with Gasteiger partial charge in [0.05, 0.1) is 19.3 Å². The molecule has 0 aliphatic carbocycles. The lowest BCUT2D eigenvalue weighted by Crippen LogP contribution is -2.37. The van der Waals surface area contributed by atoms with Crippen molar-refractivity contribution in [3.05, 3.63) is 18.3 Å². The summed E-state index contributed by atoms with van der Waals surface area (Å²) in [6.07, 6.45) is 3.57. The van der Waals surface area contributed by atoms with Crippen LogP contribution in [-0.2, 0) is 4.74 Å². The van der Waals surface area contributed by atoms with E-state index in [1.807, 2.05) is 4.68 Å². The maximum atomic E-state index is 10.3. The van der Waals surface area contributed by atoms with E-state index in [-0.39, 0.29) is 11.8 Å². The number of nitrogens with zero attached hydrogens (tertiary/aromatic N) is 7. The molecule has 10 heteroatoms. The molecule has 2 N–H and O–H groups in total. The van der Waals surface area contributed by atoms with Crippen LogP contribution in [0.4, 0.5) is 5.82 Å². The van der Waals surface area contributed by atoms with Crippen molar-refractivity contribution in [1.82, 2.24) is 35.3 Å². The number of aromatic nitrogens is 6. The standard InChI is InChI=1S/C18H22N8O2/c27-13-2-1-5-20-14(13)16-21-17(25-8-10-28-11-9-25)15-18(22-16)26(24-23-15)12-3-6-19-7-4-12/h1-2,5,12,19,27H,3-4,6-11H2. The number of aromatic hydroxyl groups is 1. The predicted molar refractivity (Wildman–Crippen MR) is 102 cm³/mol. The first-order valence-electron chi connectivity index (χ1n) is 9.62. The van der Waals surface area contributed by atoms with Crippen molar-refractivity contribution >= 4 is 17.0 Å². The summed E-state index contributed by atoms with van der Waals surface area (Å²) < 4.78 is 7.39. The Morgan fingerprint density at radius 3 is 2.75 bits per heavy atom. The first kappa shape index (κ1) is 17.3.